The van der Waals surface area contributed by atoms with Gasteiger partial charge in [0.1, 0.15) is 5.82 Å². The minimum atomic E-state index is -1.05. The van der Waals surface area contributed by atoms with Gasteiger partial charge in [0.25, 0.3) is 5.56 Å². The highest BCUT2D eigenvalue weighted by molar-refractivity contribution is 7.09. The number of aromatic amines is 1. The third kappa shape index (κ3) is 2.68. The normalized spacial score (nSPS) is 10.9. The standard InChI is InChI=1S/C14H11N3O3S/c1-7-15-9(6-21-7)5-12-16-11-4-8(14(19)20)2-3-10(11)13(18)17-12/h2-4,6H,5H2,1H3,(H,19,20)(H,16,17,18). The van der Waals surface area contributed by atoms with Crippen molar-refractivity contribution in [2.45, 2.75) is 13.3 Å². The summed E-state index contributed by atoms with van der Waals surface area (Å²) in [5, 5.41) is 12.2. The number of nitrogens with one attached hydrogen (secondary N) is 1. The minimum Gasteiger partial charge on any atom is -0.478 e. The van der Waals surface area contributed by atoms with Crippen LogP contribution in [0.5, 0.6) is 0 Å². The van der Waals surface area contributed by atoms with E-state index in [4.69, 9.17) is 5.11 Å². The van der Waals surface area contributed by atoms with Crippen molar-refractivity contribution in [3.63, 3.8) is 0 Å². The molecule has 2 N–H and O–H groups in total. The Labute approximate surface area is 123 Å². The van der Waals surface area contributed by atoms with Crippen LogP contribution in [0.25, 0.3) is 10.9 Å². The van der Waals surface area contributed by atoms with Gasteiger partial charge in [-0.2, -0.15) is 0 Å². The number of hydrogen-bond donors (Lipinski definition) is 2. The lowest BCUT2D eigenvalue weighted by atomic mass is 10.1. The predicted molar refractivity (Wildman–Crippen MR) is 79.0 cm³/mol. The summed E-state index contributed by atoms with van der Waals surface area (Å²) < 4.78 is 0. The summed E-state index contributed by atoms with van der Waals surface area (Å²) in [6.45, 7) is 1.91. The number of H-pyrrole nitrogens is 1. The maximum atomic E-state index is 12.0. The molecule has 0 fully saturated rings. The van der Waals surface area contributed by atoms with Crippen LogP contribution in [0.1, 0.15) is 26.9 Å². The summed E-state index contributed by atoms with van der Waals surface area (Å²) in [7, 11) is 0. The first kappa shape index (κ1) is 13.4. The van der Waals surface area contributed by atoms with Gasteiger partial charge in [0, 0.05) is 11.8 Å². The smallest absolute Gasteiger partial charge is 0.335 e. The van der Waals surface area contributed by atoms with Crippen LogP contribution >= 0.6 is 11.3 Å². The number of aromatic carboxylic acids is 1. The zero-order chi connectivity index (χ0) is 15.0. The van der Waals surface area contributed by atoms with Gasteiger partial charge in [0.2, 0.25) is 0 Å². The third-order valence-electron chi connectivity index (χ3n) is 3.02. The van der Waals surface area contributed by atoms with E-state index < -0.39 is 5.97 Å². The molecule has 2 heterocycles. The number of carbonyl (C=O) groups is 1. The minimum absolute atomic E-state index is 0.107. The molecule has 106 valence electrons. The van der Waals surface area contributed by atoms with Gasteiger partial charge in [0.05, 0.1) is 27.2 Å². The molecule has 0 radical (unpaired) electrons. The number of carboxylic acids is 1. The Morgan fingerprint density at radius 2 is 2.19 bits per heavy atom. The maximum absolute atomic E-state index is 12.0. The number of nitrogens with zero attached hydrogens (tertiary/aromatic N) is 2. The number of benzene rings is 1. The molecule has 21 heavy (non-hydrogen) atoms. The van der Waals surface area contributed by atoms with Crippen molar-refractivity contribution in [3.8, 4) is 0 Å². The molecule has 0 aliphatic carbocycles. The molecular formula is C14H11N3O3S. The van der Waals surface area contributed by atoms with E-state index in [0.29, 0.717) is 23.1 Å². The summed E-state index contributed by atoms with van der Waals surface area (Å²) in [4.78, 5) is 34.4. The number of thiazole rings is 1. The van der Waals surface area contributed by atoms with E-state index >= 15 is 0 Å². The van der Waals surface area contributed by atoms with Crippen molar-refractivity contribution in [2.75, 3.05) is 0 Å². The zero-order valence-electron chi connectivity index (χ0n) is 11.1. The molecule has 3 rings (SSSR count). The van der Waals surface area contributed by atoms with Crippen LogP contribution in [0.3, 0.4) is 0 Å². The first-order valence-electron chi connectivity index (χ1n) is 6.20. The summed E-state index contributed by atoms with van der Waals surface area (Å²) in [6, 6.07) is 4.27. The fourth-order valence-corrected chi connectivity index (χ4v) is 2.68. The Morgan fingerprint density at radius 1 is 1.38 bits per heavy atom. The molecular weight excluding hydrogens is 290 g/mol. The van der Waals surface area contributed by atoms with Crippen LogP contribution in [0.2, 0.25) is 0 Å². The Balaban J connectivity index is 2.08. The second kappa shape index (κ2) is 5.10. The van der Waals surface area contributed by atoms with Crippen molar-refractivity contribution < 1.29 is 9.90 Å². The van der Waals surface area contributed by atoms with Gasteiger partial charge in [-0.3, -0.25) is 4.79 Å². The van der Waals surface area contributed by atoms with Crippen LogP contribution in [0.4, 0.5) is 0 Å². The topological polar surface area (TPSA) is 95.9 Å². The summed E-state index contributed by atoms with van der Waals surface area (Å²) >= 11 is 1.53. The molecule has 0 aliphatic heterocycles. The lowest BCUT2D eigenvalue weighted by Gasteiger charge is -2.02. The van der Waals surface area contributed by atoms with E-state index in [1.807, 2.05) is 12.3 Å². The van der Waals surface area contributed by atoms with Crippen molar-refractivity contribution in [2.24, 2.45) is 0 Å². The molecule has 0 atom stereocenters. The Bertz CT molecular complexity index is 898. The van der Waals surface area contributed by atoms with Crippen LogP contribution in [-0.2, 0) is 6.42 Å². The highest BCUT2D eigenvalue weighted by atomic mass is 32.1. The maximum Gasteiger partial charge on any atom is 0.335 e. The molecule has 0 saturated heterocycles. The average molecular weight is 301 g/mol. The quantitative estimate of drug-likeness (QED) is 0.771. The van der Waals surface area contributed by atoms with E-state index in [1.165, 1.54) is 29.5 Å². The predicted octanol–water partition coefficient (Wildman–Crippen LogP) is 1.98. The van der Waals surface area contributed by atoms with Crippen LogP contribution < -0.4 is 5.56 Å². The van der Waals surface area contributed by atoms with Crippen molar-refractivity contribution in [1.29, 1.82) is 0 Å². The number of rotatable bonds is 3. The van der Waals surface area contributed by atoms with Crippen LogP contribution in [0, 0.1) is 6.92 Å². The third-order valence-corrected chi connectivity index (χ3v) is 3.84. The van der Waals surface area contributed by atoms with Gasteiger partial charge in [-0.1, -0.05) is 0 Å². The molecule has 3 aromatic rings. The van der Waals surface area contributed by atoms with Crippen LogP contribution in [0.15, 0.2) is 28.4 Å². The molecule has 0 unspecified atom stereocenters. The van der Waals surface area contributed by atoms with E-state index in [0.717, 1.165) is 10.7 Å². The molecule has 6 nitrogen and oxygen atoms in total. The number of hydrogen-bond acceptors (Lipinski definition) is 5. The van der Waals surface area contributed by atoms with E-state index in [2.05, 4.69) is 15.0 Å². The van der Waals surface area contributed by atoms with E-state index in [9.17, 15) is 9.59 Å². The molecule has 1 aromatic carbocycles. The van der Waals surface area contributed by atoms with E-state index in [-0.39, 0.29) is 11.1 Å². The molecule has 0 bridgehead atoms. The molecule has 7 heteroatoms. The monoisotopic (exact) mass is 301 g/mol. The Morgan fingerprint density at radius 3 is 2.86 bits per heavy atom. The van der Waals surface area contributed by atoms with Crippen LogP contribution in [-0.4, -0.2) is 26.0 Å². The van der Waals surface area contributed by atoms with Crippen molar-refractivity contribution in [1.82, 2.24) is 15.0 Å². The van der Waals surface area contributed by atoms with Crippen molar-refractivity contribution >= 4 is 28.2 Å². The second-order valence-electron chi connectivity index (χ2n) is 4.58. The second-order valence-corrected chi connectivity index (χ2v) is 5.65. The first-order chi connectivity index (χ1) is 10.0. The lowest BCUT2D eigenvalue weighted by Crippen LogP contribution is -2.13. The SMILES string of the molecule is Cc1nc(Cc2nc3cc(C(=O)O)ccc3c(=O)[nH]2)cs1. The van der Waals surface area contributed by atoms with Gasteiger partial charge in [0.15, 0.2) is 0 Å². The van der Waals surface area contributed by atoms with Gasteiger partial charge < -0.3 is 10.1 Å². The molecule has 0 spiro atoms. The van der Waals surface area contributed by atoms with Gasteiger partial charge in [-0.05, 0) is 25.1 Å². The summed E-state index contributed by atoms with van der Waals surface area (Å²) in [6.07, 6.45) is 0.410. The Kier molecular flexibility index (Phi) is 3.26. The Hall–Kier alpha value is -2.54. The fraction of sp³-hybridized carbons (Fsp3) is 0.143. The lowest BCUT2D eigenvalue weighted by molar-refractivity contribution is 0.0697. The average Bonchev–Trinajstić information content (AvgIpc) is 2.83. The summed E-state index contributed by atoms with van der Waals surface area (Å²) in [5.41, 5.74) is 1.03. The highest BCUT2D eigenvalue weighted by Crippen LogP contribution is 2.14. The summed E-state index contributed by atoms with van der Waals surface area (Å²) in [5.74, 6) is -0.573. The largest absolute Gasteiger partial charge is 0.478 e. The van der Waals surface area contributed by atoms with Crippen molar-refractivity contribution in [3.05, 3.63) is 56.0 Å². The molecule has 2 aromatic heterocycles. The first-order valence-corrected chi connectivity index (χ1v) is 7.08. The van der Waals surface area contributed by atoms with E-state index in [1.54, 1.807) is 0 Å². The van der Waals surface area contributed by atoms with Gasteiger partial charge in [-0.15, -0.1) is 11.3 Å². The highest BCUT2D eigenvalue weighted by Gasteiger charge is 2.09. The molecule has 0 aliphatic rings. The van der Waals surface area contributed by atoms with Gasteiger partial charge in [-0.25, -0.2) is 14.8 Å². The van der Waals surface area contributed by atoms with Gasteiger partial charge >= 0.3 is 5.97 Å². The number of fused-ring (bicyclic) bond motifs is 1. The number of aromatic nitrogens is 3. The molecule has 0 amide bonds. The molecule has 0 saturated carbocycles. The number of carboxylic acid groups (broad SMARTS) is 1. The zero-order valence-corrected chi connectivity index (χ0v) is 11.9. The fourth-order valence-electron chi connectivity index (χ4n) is 2.07. The number of aryl methyl sites for hydroxylation is 1.